The van der Waals surface area contributed by atoms with Gasteiger partial charge in [0.1, 0.15) is 11.0 Å². The van der Waals surface area contributed by atoms with Gasteiger partial charge in [0.25, 0.3) is 0 Å². The van der Waals surface area contributed by atoms with Crippen molar-refractivity contribution >= 4 is 45.4 Å². The smallest absolute Gasteiger partial charge is 0.114 e. The van der Waals surface area contributed by atoms with Crippen molar-refractivity contribution in [2.75, 3.05) is 0 Å². The highest BCUT2D eigenvalue weighted by atomic mass is 32.1. The van der Waals surface area contributed by atoms with Gasteiger partial charge in [0.2, 0.25) is 0 Å². The lowest BCUT2D eigenvalue weighted by Crippen LogP contribution is -2.25. The summed E-state index contributed by atoms with van der Waals surface area (Å²) in [7, 11) is 0. The number of unbranched alkanes of at least 4 members (excludes halogenated alkanes) is 6. The monoisotopic (exact) mass is 690 g/mol. The van der Waals surface area contributed by atoms with E-state index in [4.69, 9.17) is 0 Å². The zero-order valence-corrected chi connectivity index (χ0v) is 32.1. The van der Waals surface area contributed by atoms with E-state index in [0.717, 1.165) is 11.0 Å². The molecule has 1 aliphatic rings. The SMILES string of the molecule is CCCCCCC1(CCCCCC)c2cc(C)ccc2-c2ccc(C)cc21.Cc1ccc(-c2ccc(-c3ccc(C)s3)c3nsnc23)s1. The van der Waals surface area contributed by atoms with Gasteiger partial charge in [0.15, 0.2) is 0 Å². The van der Waals surface area contributed by atoms with Gasteiger partial charge in [0.05, 0.1) is 11.7 Å². The molecule has 7 rings (SSSR count). The van der Waals surface area contributed by atoms with E-state index in [0.29, 0.717) is 0 Å². The molecular weight excluding hydrogens is 641 g/mol. The molecule has 0 unspecified atom stereocenters. The van der Waals surface area contributed by atoms with Gasteiger partial charge in [-0.1, -0.05) is 125 Å². The van der Waals surface area contributed by atoms with Crippen LogP contribution in [0.2, 0.25) is 0 Å². The van der Waals surface area contributed by atoms with Crippen LogP contribution in [0.25, 0.3) is 43.0 Å². The van der Waals surface area contributed by atoms with Crippen molar-refractivity contribution in [3.8, 4) is 32.0 Å². The van der Waals surface area contributed by atoms with Gasteiger partial charge < -0.3 is 0 Å². The summed E-state index contributed by atoms with van der Waals surface area (Å²) in [5.41, 5.74) is 13.7. The van der Waals surface area contributed by atoms with E-state index in [1.165, 1.54) is 129 Å². The summed E-state index contributed by atoms with van der Waals surface area (Å²) >= 11 is 4.90. The Morgan fingerprint density at radius 1 is 0.500 bits per heavy atom. The summed E-state index contributed by atoms with van der Waals surface area (Å²) in [5, 5.41) is 0. The van der Waals surface area contributed by atoms with Crippen LogP contribution in [0.3, 0.4) is 0 Å². The molecule has 5 heteroatoms. The third-order valence-electron chi connectivity index (χ3n) is 10.0. The topological polar surface area (TPSA) is 25.8 Å². The summed E-state index contributed by atoms with van der Waals surface area (Å²) in [6, 6.07) is 27.4. The summed E-state index contributed by atoms with van der Waals surface area (Å²) in [5.74, 6) is 0. The van der Waals surface area contributed by atoms with Gasteiger partial charge in [-0.25, -0.2) is 0 Å². The van der Waals surface area contributed by atoms with Crippen LogP contribution in [0, 0.1) is 27.7 Å². The number of benzene rings is 3. The predicted molar refractivity (Wildman–Crippen MR) is 213 cm³/mol. The lowest BCUT2D eigenvalue weighted by molar-refractivity contribution is 0.400. The Bertz CT molecular complexity index is 1830. The molecule has 0 N–H and O–H groups in total. The van der Waals surface area contributed by atoms with Crippen LogP contribution in [0.4, 0.5) is 0 Å². The molecule has 3 aromatic heterocycles. The fourth-order valence-electron chi connectivity index (χ4n) is 7.52. The van der Waals surface area contributed by atoms with Crippen LogP contribution in [-0.2, 0) is 5.41 Å². The molecule has 0 fully saturated rings. The van der Waals surface area contributed by atoms with Crippen molar-refractivity contribution in [3.05, 3.63) is 105 Å². The molecule has 48 heavy (non-hydrogen) atoms. The van der Waals surface area contributed by atoms with Crippen LogP contribution >= 0.6 is 34.4 Å². The zero-order valence-electron chi connectivity index (χ0n) is 29.6. The molecule has 0 bridgehead atoms. The molecule has 2 nitrogen and oxygen atoms in total. The molecule has 6 aromatic rings. The average Bonchev–Trinajstić information content (AvgIpc) is 3.89. The molecule has 0 spiro atoms. The van der Waals surface area contributed by atoms with Gasteiger partial charge in [-0.2, -0.15) is 8.75 Å². The van der Waals surface area contributed by atoms with Crippen molar-refractivity contribution in [2.45, 2.75) is 111 Å². The normalized spacial score (nSPS) is 13.0. The number of fused-ring (bicyclic) bond motifs is 4. The molecule has 0 saturated carbocycles. The molecule has 0 saturated heterocycles. The Labute approximate surface area is 300 Å². The van der Waals surface area contributed by atoms with Gasteiger partial charge in [-0.15, -0.1) is 22.7 Å². The summed E-state index contributed by atoms with van der Waals surface area (Å²) < 4.78 is 9.08. The number of aromatic nitrogens is 2. The molecular formula is C43H50N2S3. The third-order valence-corrected chi connectivity index (χ3v) is 12.6. The lowest BCUT2D eigenvalue weighted by Gasteiger charge is -2.33. The molecule has 3 aromatic carbocycles. The number of nitrogens with zero attached hydrogens (tertiary/aromatic N) is 2. The van der Waals surface area contributed by atoms with E-state index in [9.17, 15) is 0 Å². The second-order valence-corrected chi connectivity index (χ2v) is 16.8. The summed E-state index contributed by atoms with van der Waals surface area (Å²) in [6.45, 7) is 13.4. The molecule has 3 heterocycles. The number of hydrogen-bond donors (Lipinski definition) is 0. The van der Waals surface area contributed by atoms with E-state index in [2.05, 4.69) is 123 Å². The Hall–Kier alpha value is -3.12. The standard InChI is InChI=1S/C27H38.C16H12N2S3/c1-5-7-9-11-17-27(18-12-10-8-6-2)25-19-21(3)13-15-23(25)24-16-14-22(4)20-26(24)27;1-9-3-7-13(19-9)11-5-6-12(14-8-4-10(2)20-14)16-15(11)17-21-18-16/h13-16,19-20H,5-12,17-18H2,1-4H3;3-8H,1-2H3. The van der Waals surface area contributed by atoms with E-state index >= 15 is 0 Å². The van der Waals surface area contributed by atoms with Crippen molar-refractivity contribution in [2.24, 2.45) is 0 Å². The number of aryl methyl sites for hydroxylation is 4. The average molecular weight is 691 g/mol. The Morgan fingerprint density at radius 2 is 0.938 bits per heavy atom. The number of hydrogen-bond acceptors (Lipinski definition) is 5. The number of thiophene rings is 2. The van der Waals surface area contributed by atoms with Crippen molar-refractivity contribution in [1.82, 2.24) is 8.75 Å². The van der Waals surface area contributed by atoms with Crippen LogP contribution in [-0.4, -0.2) is 8.75 Å². The van der Waals surface area contributed by atoms with Crippen LogP contribution in [0.1, 0.15) is 110 Å². The summed E-state index contributed by atoms with van der Waals surface area (Å²) in [4.78, 5) is 5.16. The highest BCUT2D eigenvalue weighted by Crippen LogP contribution is 2.54. The van der Waals surface area contributed by atoms with Crippen molar-refractivity contribution in [3.63, 3.8) is 0 Å². The van der Waals surface area contributed by atoms with Gasteiger partial charge in [0, 0.05) is 36.1 Å². The van der Waals surface area contributed by atoms with Crippen LogP contribution < -0.4 is 0 Å². The minimum atomic E-state index is 0.240. The van der Waals surface area contributed by atoms with Crippen molar-refractivity contribution in [1.29, 1.82) is 0 Å². The maximum Gasteiger partial charge on any atom is 0.114 e. The first-order chi connectivity index (χ1) is 23.3. The highest BCUT2D eigenvalue weighted by molar-refractivity contribution is 7.16. The van der Waals surface area contributed by atoms with Crippen LogP contribution in [0.15, 0.2) is 72.8 Å². The van der Waals surface area contributed by atoms with Crippen molar-refractivity contribution < 1.29 is 0 Å². The molecule has 250 valence electrons. The predicted octanol–water partition coefficient (Wildman–Crippen LogP) is 14.3. The first kappa shape index (κ1) is 34.7. The molecule has 0 radical (unpaired) electrons. The minimum Gasteiger partial charge on any atom is -0.172 e. The largest absolute Gasteiger partial charge is 0.172 e. The summed E-state index contributed by atoms with van der Waals surface area (Å²) in [6.07, 6.45) is 13.4. The highest BCUT2D eigenvalue weighted by Gasteiger charge is 2.42. The van der Waals surface area contributed by atoms with E-state index < -0.39 is 0 Å². The van der Waals surface area contributed by atoms with Gasteiger partial charge in [-0.05, 0) is 87.1 Å². The Morgan fingerprint density at radius 3 is 1.33 bits per heavy atom. The van der Waals surface area contributed by atoms with E-state index in [1.54, 1.807) is 33.8 Å². The fourth-order valence-corrected chi connectivity index (χ4v) is 9.88. The Balaban J connectivity index is 0.000000172. The second kappa shape index (κ2) is 15.6. The quantitative estimate of drug-likeness (QED) is 0.119. The third kappa shape index (κ3) is 7.25. The van der Waals surface area contributed by atoms with E-state index in [1.807, 2.05) is 0 Å². The first-order valence-corrected chi connectivity index (χ1v) is 20.3. The Kier molecular flexibility index (Phi) is 11.3. The minimum absolute atomic E-state index is 0.240. The zero-order chi connectivity index (χ0) is 33.7. The second-order valence-electron chi connectivity index (χ2n) is 13.7. The maximum absolute atomic E-state index is 4.54. The van der Waals surface area contributed by atoms with Gasteiger partial charge >= 0.3 is 0 Å². The fraction of sp³-hybridized carbons (Fsp3) is 0.395. The molecule has 0 amide bonds. The molecule has 0 aliphatic heterocycles. The van der Waals surface area contributed by atoms with E-state index in [-0.39, 0.29) is 5.41 Å². The molecule has 1 aliphatic carbocycles. The number of rotatable bonds is 12. The first-order valence-electron chi connectivity index (χ1n) is 18.0. The van der Waals surface area contributed by atoms with Gasteiger partial charge in [-0.3, -0.25) is 0 Å². The molecule has 0 atom stereocenters. The van der Waals surface area contributed by atoms with Crippen LogP contribution in [0.5, 0.6) is 0 Å². The lowest BCUT2D eigenvalue weighted by atomic mass is 9.70. The maximum atomic E-state index is 4.54.